The summed E-state index contributed by atoms with van der Waals surface area (Å²) in [6, 6.07) is 6.27. The van der Waals surface area contributed by atoms with E-state index < -0.39 is 11.7 Å². The molecule has 0 amide bonds. The Bertz CT molecular complexity index is 1180. The Morgan fingerprint density at radius 2 is 1.48 bits per heavy atom. The predicted molar refractivity (Wildman–Crippen MR) is 152 cm³/mol. The van der Waals surface area contributed by atoms with Crippen LogP contribution in [0, 0.1) is 0 Å². The number of benzene rings is 1. The maximum Gasteiger partial charge on any atom is 0.416 e. The molecule has 2 aliphatic carbocycles. The Labute approximate surface area is 233 Å². The number of hydrogen-bond donors (Lipinski definition) is 4. The van der Waals surface area contributed by atoms with Crippen LogP contribution in [0.2, 0.25) is 0 Å². The number of alkyl halides is 3. The summed E-state index contributed by atoms with van der Waals surface area (Å²) in [4.78, 5) is 19.1. The van der Waals surface area contributed by atoms with Crippen LogP contribution in [0.25, 0.3) is 11.2 Å². The number of aromatic amines is 1. The highest BCUT2D eigenvalue weighted by molar-refractivity contribution is 5.83. The summed E-state index contributed by atoms with van der Waals surface area (Å²) in [6.45, 7) is 2.34. The van der Waals surface area contributed by atoms with E-state index in [9.17, 15) is 13.2 Å². The molecule has 2 saturated carbocycles. The van der Waals surface area contributed by atoms with Gasteiger partial charge in [-0.25, -0.2) is 4.98 Å². The lowest BCUT2D eigenvalue weighted by Crippen LogP contribution is -2.39. The maximum absolute atomic E-state index is 12.8. The molecule has 1 aromatic carbocycles. The number of likely N-dealkylation sites (tertiary alicyclic amines) is 1. The fraction of sp³-hybridized carbons (Fsp3) is 0.621. The third-order valence-electron chi connectivity index (χ3n) is 8.26. The van der Waals surface area contributed by atoms with Gasteiger partial charge in [-0.3, -0.25) is 4.90 Å². The van der Waals surface area contributed by atoms with E-state index >= 15 is 0 Å². The average molecular weight is 559 g/mol. The third-order valence-corrected chi connectivity index (χ3v) is 8.26. The molecule has 0 unspecified atom stereocenters. The van der Waals surface area contributed by atoms with Crippen LogP contribution in [0.4, 0.5) is 24.9 Å². The quantitative estimate of drug-likeness (QED) is 0.290. The van der Waals surface area contributed by atoms with Crippen LogP contribution in [-0.2, 0) is 12.7 Å². The zero-order valence-electron chi connectivity index (χ0n) is 23.0. The number of halogens is 3. The van der Waals surface area contributed by atoms with Crippen molar-refractivity contribution in [3.8, 4) is 0 Å². The number of anilines is 2. The van der Waals surface area contributed by atoms with E-state index in [1.54, 1.807) is 18.5 Å². The molecule has 1 saturated heterocycles. The fourth-order valence-electron chi connectivity index (χ4n) is 5.82. The highest BCUT2D eigenvalue weighted by Crippen LogP contribution is 2.30. The average Bonchev–Trinajstić information content (AvgIpc) is 3.67. The van der Waals surface area contributed by atoms with Crippen LogP contribution < -0.4 is 16.4 Å². The Morgan fingerprint density at radius 3 is 2.10 bits per heavy atom. The first-order valence-electron chi connectivity index (χ1n) is 14.7. The number of fused-ring (bicyclic) bond motifs is 1. The number of nitrogens with two attached hydrogens (primary N) is 1. The second-order valence-electron chi connectivity index (χ2n) is 11.4. The molecule has 0 spiro atoms. The zero-order valence-corrected chi connectivity index (χ0v) is 23.0. The van der Waals surface area contributed by atoms with Gasteiger partial charge < -0.3 is 21.4 Å². The zero-order chi connectivity index (χ0) is 28.0. The highest BCUT2D eigenvalue weighted by Gasteiger charge is 2.30. The summed E-state index contributed by atoms with van der Waals surface area (Å²) >= 11 is 0. The van der Waals surface area contributed by atoms with E-state index in [0.29, 0.717) is 24.2 Å². The maximum atomic E-state index is 12.8. The first kappa shape index (κ1) is 28.6. The van der Waals surface area contributed by atoms with Crippen molar-refractivity contribution < 1.29 is 13.2 Å². The number of hydrogen-bond acceptors (Lipinski definition) is 7. The molecule has 1 aliphatic heterocycles. The van der Waals surface area contributed by atoms with Gasteiger partial charge in [-0.05, 0) is 56.2 Å². The van der Waals surface area contributed by atoms with Gasteiger partial charge in [0.05, 0.1) is 11.9 Å². The molecule has 3 fully saturated rings. The van der Waals surface area contributed by atoms with E-state index in [0.717, 1.165) is 80.6 Å². The molecule has 0 atom stereocenters. The van der Waals surface area contributed by atoms with Gasteiger partial charge in [-0.1, -0.05) is 44.2 Å². The van der Waals surface area contributed by atoms with E-state index in [2.05, 4.69) is 30.5 Å². The van der Waals surface area contributed by atoms with Crippen molar-refractivity contribution in [1.82, 2.24) is 24.8 Å². The summed E-state index contributed by atoms with van der Waals surface area (Å²) in [5.74, 6) is 1.32. The number of imidazole rings is 1. The van der Waals surface area contributed by atoms with Gasteiger partial charge in [-0.15, -0.1) is 0 Å². The van der Waals surface area contributed by atoms with Crippen molar-refractivity contribution in [2.45, 2.75) is 101 Å². The number of piperidine rings is 1. The SMILES string of the molecule is C1CCCC1.NC1CCC(Nc2nc(NC3CCN(Cc4ccc(C(F)(F)F)cc4)CC3)c3[nH]cnc3n2)CC1. The number of aromatic nitrogens is 4. The minimum Gasteiger partial charge on any atom is -0.365 e. The molecule has 3 heterocycles. The van der Waals surface area contributed by atoms with Crippen LogP contribution in [0.15, 0.2) is 30.6 Å². The van der Waals surface area contributed by atoms with Crippen LogP contribution >= 0.6 is 0 Å². The largest absolute Gasteiger partial charge is 0.416 e. The molecule has 0 radical (unpaired) electrons. The summed E-state index contributed by atoms with van der Waals surface area (Å²) in [5.41, 5.74) is 7.71. The Balaban J connectivity index is 0.000000582. The highest BCUT2D eigenvalue weighted by atomic mass is 19.4. The van der Waals surface area contributed by atoms with E-state index in [1.807, 2.05) is 0 Å². The molecule has 218 valence electrons. The van der Waals surface area contributed by atoms with Crippen molar-refractivity contribution in [2.24, 2.45) is 5.73 Å². The normalized spacial score (nSPS) is 22.6. The predicted octanol–water partition coefficient (Wildman–Crippen LogP) is 6.08. The minimum atomic E-state index is -4.30. The minimum absolute atomic E-state index is 0.237. The van der Waals surface area contributed by atoms with Gasteiger partial charge in [0, 0.05) is 37.8 Å². The van der Waals surface area contributed by atoms with Gasteiger partial charge in [0.15, 0.2) is 11.5 Å². The topological polar surface area (TPSA) is 108 Å². The molecule has 11 heteroatoms. The lowest BCUT2D eigenvalue weighted by molar-refractivity contribution is -0.137. The lowest BCUT2D eigenvalue weighted by Gasteiger charge is -2.32. The van der Waals surface area contributed by atoms with Crippen LogP contribution in [0.5, 0.6) is 0 Å². The molecular formula is C29H41F3N8. The molecule has 3 aliphatic rings. The second kappa shape index (κ2) is 13.2. The van der Waals surface area contributed by atoms with Crippen molar-refractivity contribution in [3.05, 3.63) is 41.7 Å². The number of nitrogens with one attached hydrogen (secondary N) is 3. The molecule has 2 aromatic heterocycles. The van der Waals surface area contributed by atoms with Crippen LogP contribution in [0.1, 0.15) is 81.8 Å². The van der Waals surface area contributed by atoms with Crippen molar-refractivity contribution in [3.63, 3.8) is 0 Å². The number of nitrogens with zero attached hydrogens (tertiary/aromatic N) is 4. The Kier molecular flexibility index (Phi) is 9.41. The first-order valence-corrected chi connectivity index (χ1v) is 14.7. The standard InChI is InChI=1S/C24H31F3N8.C5H10/c25-24(26,27)16-3-1-15(2-4-16)13-35-11-9-19(10-12-35)31-22-20-21(30-14-29-20)33-23(34-22)32-18-7-5-17(28)6-8-18;1-2-4-5-3-1/h1-4,14,17-19H,5-13,28H2,(H3,29,30,31,32,33,34);1-5H2. The lowest BCUT2D eigenvalue weighted by atomic mass is 9.92. The van der Waals surface area contributed by atoms with Gasteiger partial charge in [0.25, 0.3) is 0 Å². The molecule has 8 nitrogen and oxygen atoms in total. The van der Waals surface area contributed by atoms with Crippen LogP contribution in [0.3, 0.4) is 0 Å². The van der Waals surface area contributed by atoms with E-state index in [-0.39, 0.29) is 12.1 Å². The van der Waals surface area contributed by atoms with Gasteiger partial charge in [0.1, 0.15) is 5.52 Å². The molecule has 5 N–H and O–H groups in total. The fourth-order valence-corrected chi connectivity index (χ4v) is 5.82. The third kappa shape index (κ3) is 7.84. The van der Waals surface area contributed by atoms with Crippen molar-refractivity contribution >= 4 is 22.9 Å². The first-order chi connectivity index (χ1) is 19.3. The Morgan fingerprint density at radius 1 is 0.850 bits per heavy atom. The smallest absolute Gasteiger partial charge is 0.365 e. The molecule has 3 aromatic rings. The van der Waals surface area contributed by atoms with Crippen LogP contribution in [-0.4, -0.2) is 56.1 Å². The molecule has 0 bridgehead atoms. The Hall–Kier alpha value is -2.92. The summed E-state index contributed by atoms with van der Waals surface area (Å²) in [6.07, 6.45) is 10.6. The van der Waals surface area contributed by atoms with Gasteiger partial charge in [-0.2, -0.15) is 23.1 Å². The van der Waals surface area contributed by atoms with Crippen molar-refractivity contribution in [1.29, 1.82) is 0 Å². The second-order valence-corrected chi connectivity index (χ2v) is 11.4. The molecule has 40 heavy (non-hydrogen) atoms. The molecular weight excluding hydrogens is 517 g/mol. The van der Waals surface area contributed by atoms with Crippen molar-refractivity contribution in [2.75, 3.05) is 23.7 Å². The van der Waals surface area contributed by atoms with Gasteiger partial charge in [0.2, 0.25) is 5.95 Å². The summed E-state index contributed by atoms with van der Waals surface area (Å²) in [7, 11) is 0. The summed E-state index contributed by atoms with van der Waals surface area (Å²) < 4.78 is 38.4. The monoisotopic (exact) mass is 558 g/mol. The summed E-state index contributed by atoms with van der Waals surface area (Å²) in [5, 5.41) is 7.03. The number of H-pyrrole nitrogens is 1. The molecule has 6 rings (SSSR count). The number of rotatable bonds is 6. The van der Waals surface area contributed by atoms with E-state index in [1.165, 1.54) is 32.1 Å². The van der Waals surface area contributed by atoms with E-state index in [4.69, 9.17) is 10.7 Å². The van der Waals surface area contributed by atoms with Gasteiger partial charge >= 0.3 is 6.18 Å².